The predicted octanol–water partition coefficient (Wildman–Crippen LogP) is 1.36. The molecule has 1 heterocycles. The van der Waals surface area contributed by atoms with Crippen LogP contribution in [-0.2, 0) is 0 Å². The topological polar surface area (TPSA) is 60.9 Å². The lowest BCUT2D eigenvalue weighted by Gasteiger charge is -1.96. The molecule has 2 aromatic rings. The summed E-state index contributed by atoms with van der Waals surface area (Å²) in [5.41, 5.74) is 4.34. The Morgan fingerprint density at radius 1 is 1.45 bits per heavy atom. The number of hydrogen-bond acceptors (Lipinski definition) is 3. The number of benzene rings is 1. The molecule has 0 spiro atoms. The van der Waals surface area contributed by atoms with Crippen LogP contribution in [0.2, 0.25) is 0 Å². The van der Waals surface area contributed by atoms with E-state index < -0.39 is 0 Å². The summed E-state index contributed by atoms with van der Waals surface area (Å²) in [5.74, 6) is 0. The molecule has 0 unspecified atom stereocenters. The molecule has 0 fully saturated rings. The van der Waals surface area contributed by atoms with Crippen LogP contribution >= 0.6 is 0 Å². The number of hydrogen-bond donors (Lipinski definition) is 3. The number of aromatic nitrogens is 2. The van der Waals surface area contributed by atoms with Crippen molar-refractivity contribution in [3.63, 3.8) is 0 Å². The van der Waals surface area contributed by atoms with E-state index in [1.54, 1.807) is 12.4 Å². The van der Waals surface area contributed by atoms with Gasteiger partial charge < -0.3 is 4.98 Å². The zero-order valence-electron chi connectivity index (χ0n) is 5.70. The molecular weight excluding hydrogens is 142 g/mol. The average molecular weight is 149 g/mol. The van der Waals surface area contributed by atoms with Gasteiger partial charge >= 0.3 is 0 Å². The molecule has 3 N–H and O–H groups in total. The molecule has 0 aliphatic heterocycles. The normalized spacial score (nSPS) is 10.3. The number of aromatic amines is 1. The van der Waals surface area contributed by atoms with Crippen LogP contribution in [0.3, 0.4) is 0 Å². The third kappa shape index (κ3) is 0.841. The van der Waals surface area contributed by atoms with Gasteiger partial charge in [-0.1, -0.05) is 6.07 Å². The monoisotopic (exact) mass is 149 g/mol. The summed E-state index contributed by atoms with van der Waals surface area (Å²) >= 11 is 0. The molecule has 0 aliphatic carbocycles. The summed E-state index contributed by atoms with van der Waals surface area (Å²) in [6.45, 7) is 0. The Balaban J connectivity index is 2.79. The van der Waals surface area contributed by atoms with Gasteiger partial charge in [0.2, 0.25) is 0 Å². The number of para-hydroxylation sites is 1. The minimum Gasteiger partial charge on any atom is -0.345 e. The van der Waals surface area contributed by atoms with Crippen molar-refractivity contribution < 1.29 is 5.21 Å². The van der Waals surface area contributed by atoms with E-state index in [9.17, 15) is 0 Å². The van der Waals surface area contributed by atoms with Crippen LogP contribution in [0.1, 0.15) is 0 Å². The Morgan fingerprint density at radius 3 is 3.18 bits per heavy atom. The van der Waals surface area contributed by atoms with Gasteiger partial charge in [-0.15, -0.1) is 0 Å². The van der Waals surface area contributed by atoms with Gasteiger partial charge in [-0.3, -0.25) is 10.7 Å². The fourth-order valence-corrected chi connectivity index (χ4v) is 1.06. The molecular formula is C7H7N3O. The third-order valence-corrected chi connectivity index (χ3v) is 1.57. The molecule has 1 aromatic heterocycles. The molecule has 56 valence electrons. The molecule has 1 aromatic carbocycles. The molecule has 0 radical (unpaired) electrons. The second kappa shape index (κ2) is 2.25. The van der Waals surface area contributed by atoms with Gasteiger partial charge in [0.25, 0.3) is 0 Å². The fourth-order valence-electron chi connectivity index (χ4n) is 1.06. The second-order valence-corrected chi connectivity index (χ2v) is 2.22. The van der Waals surface area contributed by atoms with Crippen LogP contribution < -0.4 is 5.48 Å². The van der Waals surface area contributed by atoms with Crippen molar-refractivity contribution in [2.24, 2.45) is 0 Å². The Hall–Kier alpha value is -1.55. The predicted molar refractivity (Wildman–Crippen MR) is 41.5 cm³/mol. The third-order valence-electron chi connectivity index (χ3n) is 1.57. The molecule has 0 aliphatic rings. The Labute approximate surface area is 62.8 Å². The van der Waals surface area contributed by atoms with Gasteiger partial charge in [0.1, 0.15) is 5.52 Å². The van der Waals surface area contributed by atoms with Crippen molar-refractivity contribution in [3.05, 3.63) is 24.5 Å². The summed E-state index contributed by atoms with van der Waals surface area (Å²) in [6, 6.07) is 5.48. The van der Waals surface area contributed by atoms with Gasteiger partial charge in [0, 0.05) is 0 Å². The van der Waals surface area contributed by atoms with E-state index in [0.29, 0.717) is 5.69 Å². The number of imidazole rings is 1. The molecule has 11 heavy (non-hydrogen) atoms. The second-order valence-electron chi connectivity index (χ2n) is 2.22. The zero-order valence-corrected chi connectivity index (χ0v) is 5.70. The van der Waals surface area contributed by atoms with Gasteiger partial charge in [0.05, 0.1) is 17.5 Å². The van der Waals surface area contributed by atoms with E-state index in [2.05, 4.69) is 15.4 Å². The Morgan fingerprint density at radius 2 is 2.36 bits per heavy atom. The van der Waals surface area contributed by atoms with Crippen molar-refractivity contribution >= 4 is 16.7 Å². The van der Waals surface area contributed by atoms with Crippen LogP contribution in [0.4, 0.5) is 5.69 Å². The van der Waals surface area contributed by atoms with E-state index in [1.165, 1.54) is 0 Å². The van der Waals surface area contributed by atoms with E-state index in [1.807, 2.05) is 12.1 Å². The molecule has 4 heteroatoms. The standard InChI is InChI=1S/C7H7N3O/c11-10-6-3-1-2-5-7(6)9-4-8-5/h1-4,10-11H,(H,8,9). The average Bonchev–Trinajstić information content (AvgIpc) is 2.50. The molecule has 0 saturated carbocycles. The first-order valence-electron chi connectivity index (χ1n) is 3.24. The number of nitrogens with zero attached hydrogens (tertiary/aromatic N) is 1. The van der Waals surface area contributed by atoms with Gasteiger partial charge in [-0.05, 0) is 12.1 Å². The minimum atomic E-state index is 0.615. The number of rotatable bonds is 1. The van der Waals surface area contributed by atoms with Crippen LogP contribution in [-0.4, -0.2) is 15.2 Å². The van der Waals surface area contributed by atoms with Crippen LogP contribution in [0.15, 0.2) is 24.5 Å². The van der Waals surface area contributed by atoms with Crippen molar-refractivity contribution in [2.45, 2.75) is 0 Å². The molecule has 0 atom stereocenters. The maximum Gasteiger partial charge on any atom is 0.114 e. The summed E-state index contributed by atoms with van der Waals surface area (Å²) in [6.07, 6.45) is 1.59. The quantitative estimate of drug-likeness (QED) is 0.536. The minimum absolute atomic E-state index is 0.615. The molecule has 2 rings (SSSR count). The molecule has 0 amide bonds. The van der Waals surface area contributed by atoms with E-state index in [-0.39, 0.29) is 0 Å². The fraction of sp³-hybridized carbons (Fsp3) is 0. The molecule has 0 saturated heterocycles. The van der Waals surface area contributed by atoms with Crippen LogP contribution in [0, 0.1) is 0 Å². The smallest absolute Gasteiger partial charge is 0.114 e. The summed E-state index contributed by atoms with van der Waals surface area (Å²) in [4.78, 5) is 6.94. The first kappa shape index (κ1) is 6.18. The number of H-pyrrole nitrogens is 1. The van der Waals surface area contributed by atoms with Crippen molar-refractivity contribution in [1.29, 1.82) is 0 Å². The maximum atomic E-state index is 8.65. The van der Waals surface area contributed by atoms with Gasteiger partial charge in [-0.25, -0.2) is 4.98 Å². The molecule has 4 nitrogen and oxygen atoms in total. The van der Waals surface area contributed by atoms with E-state index in [0.717, 1.165) is 11.0 Å². The van der Waals surface area contributed by atoms with E-state index >= 15 is 0 Å². The maximum absolute atomic E-state index is 8.65. The SMILES string of the molecule is ONc1cccc2[nH]cnc12. The molecule has 0 bridgehead atoms. The van der Waals surface area contributed by atoms with Crippen molar-refractivity contribution in [2.75, 3.05) is 5.48 Å². The lowest BCUT2D eigenvalue weighted by atomic mass is 10.3. The van der Waals surface area contributed by atoms with Gasteiger partial charge in [0.15, 0.2) is 0 Å². The Bertz CT molecular complexity index is 368. The lowest BCUT2D eigenvalue weighted by Crippen LogP contribution is -1.89. The van der Waals surface area contributed by atoms with Gasteiger partial charge in [-0.2, -0.15) is 0 Å². The number of fused-ring (bicyclic) bond motifs is 1. The summed E-state index contributed by atoms with van der Waals surface area (Å²) in [5, 5.41) is 8.65. The number of nitrogens with one attached hydrogen (secondary N) is 2. The van der Waals surface area contributed by atoms with Crippen molar-refractivity contribution in [3.8, 4) is 0 Å². The summed E-state index contributed by atoms with van der Waals surface area (Å²) < 4.78 is 0. The van der Waals surface area contributed by atoms with Crippen molar-refractivity contribution in [1.82, 2.24) is 9.97 Å². The lowest BCUT2D eigenvalue weighted by molar-refractivity contribution is 0.389. The highest BCUT2D eigenvalue weighted by Crippen LogP contribution is 2.18. The van der Waals surface area contributed by atoms with Crippen LogP contribution in [0.25, 0.3) is 11.0 Å². The Kier molecular flexibility index (Phi) is 1.26. The highest BCUT2D eigenvalue weighted by Gasteiger charge is 1.99. The highest BCUT2D eigenvalue weighted by atomic mass is 16.5. The van der Waals surface area contributed by atoms with E-state index in [4.69, 9.17) is 5.21 Å². The number of anilines is 1. The first-order valence-corrected chi connectivity index (χ1v) is 3.24. The zero-order chi connectivity index (χ0) is 7.68. The highest BCUT2D eigenvalue weighted by molar-refractivity contribution is 5.87. The first-order chi connectivity index (χ1) is 5.42. The largest absolute Gasteiger partial charge is 0.345 e. The van der Waals surface area contributed by atoms with Crippen LogP contribution in [0.5, 0.6) is 0 Å². The summed E-state index contributed by atoms with van der Waals surface area (Å²) in [7, 11) is 0.